The normalized spacial score (nSPS) is 23.9. The summed E-state index contributed by atoms with van der Waals surface area (Å²) in [4.78, 5) is 14.9. The molecule has 2 aliphatic heterocycles. The molecular formula is C18H21N3O2. The summed E-state index contributed by atoms with van der Waals surface area (Å²) in [7, 11) is 0. The van der Waals surface area contributed by atoms with Gasteiger partial charge in [-0.2, -0.15) is 5.10 Å². The first-order chi connectivity index (χ1) is 11.3. The van der Waals surface area contributed by atoms with Crippen molar-refractivity contribution in [2.75, 3.05) is 19.7 Å². The van der Waals surface area contributed by atoms with Crippen LogP contribution in [0.25, 0.3) is 0 Å². The molecule has 5 nitrogen and oxygen atoms in total. The number of likely N-dealkylation sites (tertiary alicyclic amines) is 1. The number of piperidine rings is 1. The number of aromatic nitrogens is 2. The summed E-state index contributed by atoms with van der Waals surface area (Å²) in [5.41, 5.74) is 1.14. The van der Waals surface area contributed by atoms with E-state index < -0.39 is 0 Å². The van der Waals surface area contributed by atoms with E-state index >= 15 is 0 Å². The number of ether oxygens (including phenoxy) is 1. The number of fused-ring (bicyclic) bond motifs is 1. The number of nitrogens with zero attached hydrogens (tertiary/aromatic N) is 3. The first-order valence-corrected chi connectivity index (χ1v) is 8.30. The summed E-state index contributed by atoms with van der Waals surface area (Å²) in [6, 6.07) is 10.2. The number of benzene rings is 1. The monoisotopic (exact) mass is 311 g/mol. The van der Waals surface area contributed by atoms with Crippen molar-refractivity contribution in [3.05, 3.63) is 48.3 Å². The molecule has 0 radical (unpaired) electrons. The van der Waals surface area contributed by atoms with Crippen molar-refractivity contribution < 1.29 is 9.53 Å². The van der Waals surface area contributed by atoms with Gasteiger partial charge in [-0.05, 0) is 37.0 Å². The number of rotatable bonds is 2. The molecule has 0 bridgehead atoms. The summed E-state index contributed by atoms with van der Waals surface area (Å²) in [6.07, 6.45) is 6.67. The lowest BCUT2D eigenvalue weighted by Crippen LogP contribution is -2.46. The van der Waals surface area contributed by atoms with E-state index in [1.54, 1.807) is 6.20 Å². The second-order valence-electron chi connectivity index (χ2n) is 6.39. The number of carbonyl (C=O) groups is 1. The van der Waals surface area contributed by atoms with Crippen molar-refractivity contribution in [1.82, 2.24) is 14.7 Å². The van der Waals surface area contributed by atoms with Gasteiger partial charge in [-0.3, -0.25) is 9.48 Å². The van der Waals surface area contributed by atoms with Crippen LogP contribution >= 0.6 is 0 Å². The molecule has 1 saturated heterocycles. The first kappa shape index (κ1) is 14.3. The van der Waals surface area contributed by atoms with Gasteiger partial charge in [0.1, 0.15) is 12.4 Å². The summed E-state index contributed by atoms with van der Waals surface area (Å²) < 4.78 is 7.76. The molecule has 0 N–H and O–H groups in total. The summed E-state index contributed by atoms with van der Waals surface area (Å²) in [5, 5.41) is 4.33. The number of amides is 1. The van der Waals surface area contributed by atoms with E-state index in [1.165, 1.54) is 0 Å². The second kappa shape index (κ2) is 6.07. The van der Waals surface area contributed by atoms with Gasteiger partial charge >= 0.3 is 0 Å². The Kier molecular flexibility index (Phi) is 3.77. The Bertz CT molecular complexity index is 683. The molecule has 2 atom stereocenters. The van der Waals surface area contributed by atoms with Gasteiger partial charge in [0.05, 0.1) is 12.0 Å². The predicted octanol–water partition coefficient (Wildman–Crippen LogP) is 2.30. The van der Waals surface area contributed by atoms with Crippen LogP contribution in [0.1, 0.15) is 24.4 Å². The number of hydrogen-bond donors (Lipinski definition) is 0. The molecule has 4 rings (SSSR count). The van der Waals surface area contributed by atoms with E-state index in [-0.39, 0.29) is 11.8 Å². The molecule has 3 heterocycles. The molecule has 0 saturated carbocycles. The Hall–Kier alpha value is -2.30. The standard InChI is InChI=1S/C18H21N3O2/c22-18(15-11-14-5-1-2-7-17(14)23-13-15)20-9-3-6-16(12-20)21-10-4-8-19-21/h1-2,4-5,7-8,10,15-16H,3,6,9,11-13H2/t15-,16+/m1/s1. The van der Waals surface area contributed by atoms with Crippen molar-refractivity contribution >= 4 is 5.91 Å². The molecule has 0 spiro atoms. The Morgan fingerprint density at radius 1 is 1.26 bits per heavy atom. The molecule has 23 heavy (non-hydrogen) atoms. The van der Waals surface area contributed by atoms with Gasteiger partial charge in [0.25, 0.3) is 0 Å². The van der Waals surface area contributed by atoms with Crippen LogP contribution in [0.5, 0.6) is 5.75 Å². The van der Waals surface area contributed by atoms with Crippen molar-refractivity contribution in [2.45, 2.75) is 25.3 Å². The molecule has 0 unspecified atom stereocenters. The van der Waals surface area contributed by atoms with Gasteiger partial charge in [0.15, 0.2) is 0 Å². The molecule has 5 heteroatoms. The van der Waals surface area contributed by atoms with Crippen LogP contribution in [0.4, 0.5) is 0 Å². The third-order valence-corrected chi connectivity index (χ3v) is 4.84. The zero-order valence-corrected chi connectivity index (χ0v) is 13.1. The highest BCUT2D eigenvalue weighted by Gasteiger charge is 2.32. The lowest BCUT2D eigenvalue weighted by molar-refractivity contribution is -0.138. The molecule has 2 aliphatic rings. The third-order valence-electron chi connectivity index (χ3n) is 4.84. The molecule has 1 fully saturated rings. The summed E-state index contributed by atoms with van der Waals surface area (Å²) >= 11 is 0. The van der Waals surface area contributed by atoms with Gasteiger partial charge in [0, 0.05) is 25.5 Å². The molecule has 1 aromatic heterocycles. The van der Waals surface area contributed by atoms with Gasteiger partial charge in [-0.25, -0.2) is 0 Å². The van der Waals surface area contributed by atoms with E-state index in [1.807, 2.05) is 40.0 Å². The largest absolute Gasteiger partial charge is 0.492 e. The van der Waals surface area contributed by atoms with Crippen LogP contribution in [-0.4, -0.2) is 40.3 Å². The second-order valence-corrected chi connectivity index (χ2v) is 6.39. The van der Waals surface area contributed by atoms with Crippen LogP contribution in [0.3, 0.4) is 0 Å². The van der Waals surface area contributed by atoms with Crippen molar-refractivity contribution in [3.63, 3.8) is 0 Å². The molecular weight excluding hydrogens is 290 g/mol. The smallest absolute Gasteiger partial charge is 0.229 e. The maximum atomic E-state index is 12.9. The van der Waals surface area contributed by atoms with Crippen LogP contribution in [0, 0.1) is 5.92 Å². The number of para-hydroxylation sites is 1. The molecule has 1 aromatic carbocycles. The topological polar surface area (TPSA) is 47.4 Å². The van der Waals surface area contributed by atoms with Crippen molar-refractivity contribution in [3.8, 4) is 5.75 Å². The Morgan fingerprint density at radius 2 is 2.17 bits per heavy atom. The summed E-state index contributed by atoms with van der Waals surface area (Å²) in [6.45, 7) is 2.08. The fraction of sp³-hybridized carbons (Fsp3) is 0.444. The van der Waals surface area contributed by atoms with Crippen molar-refractivity contribution in [2.24, 2.45) is 5.92 Å². The van der Waals surface area contributed by atoms with E-state index in [0.29, 0.717) is 12.6 Å². The zero-order chi connectivity index (χ0) is 15.6. The minimum absolute atomic E-state index is 0.0683. The van der Waals surface area contributed by atoms with E-state index in [4.69, 9.17) is 4.74 Å². The highest BCUT2D eigenvalue weighted by Crippen LogP contribution is 2.29. The minimum atomic E-state index is -0.0683. The number of hydrogen-bond acceptors (Lipinski definition) is 3. The van der Waals surface area contributed by atoms with Crippen LogP contribution < -0.4 is 4.74 Å². The Labute approximate surface area is 135 Å². The maximum Gasteiger partial charge on any atom is 0.229 e. The average molecular weight is 311 g/mol. The Balaban J connectivity index is 1.45. The maximum absolute atomic E-state index is 12.9. The fourth-order valence-corrected chi connectivity index (χ4v) is 3.61. The van der Waals surface area contributed by atoms with Crippen LogP contribution in [0.2, 0.25) is 0 Å². The zero-order valence-electron chi connectivity index (χ0n) is 13.1. The Morgan fingerprint density at radius 3 is 3.04 bits per heavy atom. The van der Waals surface area contributed by atoms with Gasteiger partial charge in [-0.1, -0.05) is 18.2 Å². The van der Waals surface area contributed by atoms with Crippen LogP contribution in [-0.2, 0) is 11.2 Å². The van der Waals surface area contributed by atoms with E-state index in [2.05, 4.69) is 11.2 Å². The van der Waals surface area contributed by atoms with E-state index in [9.17, 15) is 4.79 Å². The van der Waals surface area contributed by atoms with Gasteiger partial charge < -0.3 is 9.64 Å². The minimum Gasteiger partial charge on any atom is -0.492 e. The molecule has 120 valence electrons. The predicted molar refractivity (Wildman–Crippen MR) is 86.2 cm³/mol. The van der Waals surface area contributed by atoms with Gasteiger partial charge in [0.2, 0.25) is 5.91 Å². The third kappa shape index (κ3) is 2.83. The molecule has 2 aromatic rings. The molecule has 0 aliphatic carbocycles. The lowest BCUT2D eigenvalue weighted by Gasteiger charge is -2.36. The van der Waals surface area contributed by atoms with E-state index in [0.717, 1.165) is 43.7 Å². The SMILES string of the molecule is O=C([C@H]1COc2ccccc2C1)N1CCC[C@H](n2cccn2)C1. The van der Waals surface area contributed by atoms with Crippen molar-refractivity contribution in [1.29, 1.82) is 0 Å². The highest BCUT2D eigenvalue weighted by molar-refractivity contribution is 5.80. The van der Waals surface area contributed by atoms with Crippen LogP contribution in [0.15, 0.2) is 42.7 Å². The summed E-state index contributed by atoms with van der Waals surface area (Å²) in [5.74, 6) is 1.07. The number of carbonyl (C=O) groups excluding carboxylic acids is 1. The average Bonchev–Trinajstić information content (AvgIpc) is 3.15. The fourth-order valence-electron chi connectivity index (χ4n) is 3.61. The quantitative estimate of drug-likeness (QED) is 0.855. The highest BCUT2D eigenvalue weighted by atomic mass is 16.5. The molecule has 1 amide bonds. The first-order valence-electron chi connectivity index (χ1n) is 8.30. The van der Waals surface area contributed by atoms with Gasteiger partial charge in [-0.15, -0.1) is 0 Å². The lowest BCUT2D eigenvalue weighted by atomic mass is 9.94.